The van der Waals surface area contributed by atoms with Crippen molar-refractivity contribution in [3.05, 3.63) is 41.8 Å². The van der Waals surface area contributed by atoms with Gasteiger partial charge in [-0.25, -0.2) is 0 Å². The number of ether oxygens (including phenoxy) is 1. The van der Waals surface area contributed by atoms with E-state index in [4.69, 9.17) is 15.3 Å². The van der Waals surface area contributed by atoms with Crippen LogP contribution in [0, 0.1) is 12.3 Å². The summed E-state index contributed by atoms with van der Waals surface area (Å²) in [6, 6.07) is 6.47. The van der Waals surface area contributed by atoms with Gasteiger partial charge in [-0.05, 0) is 17.7 Å². The fourth-order valence-corrected chi connectivity index (χ4v) is 1.48. The topological polar surface area (TPSA) is 52.6 Å². The maximum atomic E-state index is 11.1. The molecule has 1 aromatic rings. The first-order chi connectivity index (χ1) is 8.07. The van der Waals surface area contributed by atoms with Crippen LogP contribution in [-0.2, 0) is 21.5 Å². The summed E-state index contributed by atoms with van der Waals surface area (Å²) in [6.45, 7) is 3.76. The largest absolute Gasteiger partial charge is 0.379 e. The first-order valence-corrected chi connectivity index (χ1v) is 6.21. The van der Waals surface area contributed by atoms with Gasteiger partial charge < -0.3 is 8.92 Å². The van der Waals surface area contributed by atoms with Crippen molar-refractivity contribution >= 4 is 10.1 Å². The smallest absolute Gasteiger partial charge is 0.331 e. The van der Waals surface area contributed by atoms with E-state index in [1.807, 2.05) is 0 Å². The lowest BCUT2D eigenvalue weighted by Crippen LogP contribution is -2.04. The minimum absolute atomic E-state index is 0.227. The van der Waals surface area contributed by atoms with Crippen molar-refractivity contribution in [1.82, 2.24) is 0 Å². The van der Waals surface area contributed by atoms with Gasteiger partial charge in [0.1, 0.15) is 12.4 Å². The SMILES string of the molecule is C#CCOCc1ccc(OS(=O)(=O)C=C)cc1. The predicted molar refractivity (Wildman–Crippen MR) is 64.7 cm³/mol. The van der Waals surface area contributed by atoms with Crippen LogP contribution < -0.4 is 4.18 Å². The van der Waals surface area contributed by atoms with Gasteiger partial charge in [0.25, 0.3) is 0 Å². The van der Waals surface area contributed by atoms with Crippen molar-refractivity contribution in [3.8, 4) is 18.1 Å². The summed E-state index contributed by atoms with van der Waals surface area (Å²) in [5, 5.41) is 0.747. The molecule has 4 nitrogen and oxygen atoms in total. The molecule has 0 unspecified atom stereocenters. The van der Waals surface area contributed by atoms with Crippen molar-refractivity contribution in [2.45, 2.75) is 6.61 Å². The van der Waals surface area contributed by atoms with Crippen LogP contribution in [0.25, 0.3) is 0 Å². The second-order valence-corrected chi connectivity index (χ2v) is 4.57. The van der Waals surface area contributed by atoms with Crippen molar-refractivity contribution in [3.63, 3.8) is 0 Å². The molecule has 0 amide bonds. The molecule has 90 valence electrons. The highest BCUT2D eigenvalue weighted by Gasteiger charge is 2.06. The van der Waals surface area contributed by atoms with E-state index >= 15 is 0 Å². The van der Waals surface area contributed by atoms with Gasteiger partial charge in [0.15, 0.2) is 0 Å². The first-order valence-electron chi connectivity index (χ1n) is 4.74. The standard InChI is InChI=1S/C12H12O4S/c1-3-9-15-10-11-5-7-12(8-6-11)16-17(13,14)4-2/h1,4-8H,2,9-10H2. The van der Waals surface area contributed by atoms with Gasteiger partial charge in [0.2, 0.25) is 0 Å². The van der Waals surface area contributed by atoms with Crippen LogP contribution in [0.4, 0.5) is 0 Å². The number of hydrogen-bond donors (Lipinski definition) is 0. The summed E-state index contributed by atoms with van der Waals surface area (Å²) in [4.78, 5) is 0. The van der Waals surface area contributed by atoms with Crippen LogP contribution in [0.3, 0.4) is 0 Å². The first kappa shape index (κ1) is 13.3. The van der Waals surface area contributed by atoms with Gasteiger partial charge in [-0.2, -0.15) is 8.42 Å². The Morgan fingerprint density at radius 3 is 2.53 bits per heavy atom. The van der Waals surface area contributed by atoms with Gasteiger partial charge in [-0.15, -0.1) is 6.42 Å². The normalized spacial score (nSPS) is 10.5. The van der Waals surface area contributed by atoms with Gasteiger partial charge in [0, 0.05) is 0 Å². The summed E-state index contributed by atoms with van der Waals surface area (Å²) in [5.74, 6) is 2.58. The number of benzene rings is 1. The lowest BCUT2D eigenvalue weighted by molar-refractivity contribution is 0.153. The molecule has 0 aliphatic heterocycles. The van der Waals surface area contributed by atoms with Crippen molar-refractivity contribution in [2.24, 2.45) is 0 Å². The fourth-order valence-electron chi connectivity index (χ4n) is 1.04. The van der Waals surface area contributed by atoms with E-state index in [9.17, 15) is 8.42 Å². The van der Waals surface area contributed by atoms with Gasteiger partial charge >= 0.3 is 10.1 Å². The molecular weight excluding hydrogens is 240 g/mol. The molecule has 0 fully saturated rings. The van der Waals surface area contributed by atoms with Gasteiger partial charge in [-0.1, -0.05) is 24.6 Å². The van der Waals surface area contributed by atoms with Crippen LogP contribution in [-0.4, -0.2) is 15.0 Å². The minimum atomic E-state index is -3.70. The predicted octanol–water partition coefficient (Wildman–Crippen LogP) is 1.69. The Labute approximate surface area is 101 Å². The minimum Gasteiger partial charge on any atom is -0.379 e. The third-order valence-electron chi connectivity index (χ3n) is 1.79. The lowest BCUT2D eigenvalue weighted by Gasteiger charge is -2.04. The maximum absolute atomic E-state index is 11.1. The molecule has 0 N–H and O–H groups in total. The zero-order valence-electron chi connectivity index (χ0n) is 9.13. The second kappa shape index (κ2) is 6.09. The lowest BCUT2D eigenvalue weighted by atomic mass is 10.2. The third kappa shape index (κ3) is 4.72. The molecular formula is C12H12O4S. The summed E-state index contributed by atoms with van der Waals surface area (Å²) in [5.41, 5.74) is 0.878. The number of terminal acetylenes is 1. The molecule has 5 heteroatoms. The molecule has 1 aromatic carbocycles. The Morgan fingerprint density at radius 2 is 2.00 bits per heavy atom. The molecule has 0 spiro atoms. The summed E-state index contributed by atoms with van der Waals surface area (Å²) in [7, 11) is -3.70. The highest BCUT2D eigenvalue weighted by atomic mass is 32.2. The van der Waals surface area contributed by atoms with E-state index < -0.39 is 10.1 Å². The zero-order chi connectivity index (χ0) is 12.7. The molecule has 0 saturated carbocycles. The number of rotatable bonds is 6. The monoisotopic (exact) mass is 252 g/mol. The van der Waals surface area contributed by atoms with Crippen LogP contribution in [0.15, 0.2) is 36.3 Å². The Balaban J connectivity index is 2.63. The number of hydrogen-bond acceptors (Lipinski definition) is 4. The second-order valence-electron chi connectivity index (χ2n) is 3.08. The average Bonchev–Trinajstić information content (AvgIpc) is 2.31. The molecule has 0 aliphatic carbocycles. The van der Waals surface area contributed by atoms with Crippen molar-refractivity contribution in [2.75, 3.05) is 6.61 Å². The maximum Gasteiger partial charge on any atom is 0.331 e. The van der Waals surface area contributed by atoms with E-state index in [1.165, 1.54) is 12.1 Å². The van der Waals surface area contributed by atoms with Crippen LogP contribution >= 0.6 is 0 Å². The molecule has 0 saturated heterocycles. The Bertz CT molecular complexity index is 508. The van der Waals surface area contributed by atoms with E-state index in [1.54, 1.807) is 12.1 Å². The molecule has 0 heterocycles. The van der Waals surface area contributed by atoms with E-state index in [0.29, 0.717) is 6.61 Å². The molecule has 0 atom stereocenters. The Hall–Kier alpha value is -1.77. The highest BCUT2D eigenvalue weighted by molar-refractivity contribution is 7.90. The van der Waals surface area contributed by atoms with Crippen molar-refractivity contribution < 1.29 is 17.3 Å². The third-order valence-corrected chi connectivity index (χ3v) is 2.63. The van der Waals surface area contributed by atoms with E-state index in [0.717, 1.165) is 11.0 Å². The molecule has 0 bridgehead atoms. The summed E-state index contributed by atoms with van der Waals surface area (Å²) >= 11 is 0. The Kier molecular flexibility index (Phi) is 4.76. The molecule has 0 aliphatic rings. The molecule has 17 heavy (non-hydrogen) atoms. The Morgan fingerprint density at radius 1 is 1.35 bits per heavy atom. The van der Waals surface area contributed by atoms with Crippen LogP contribution in [0.2, 0.25) is 0 Å². The molecule has 1 rings (SSSR count). The molecule has 0 aromatic heterocycles. The average molecular weight is 252 g/mol. The van der Waals surface area contributed by atoms with Crippen LogP contribution in [0.1, 0.15) is 5.56 Å². The van der Waals surface area contributed by atoms with Crippen molar-refractivity contribution in [1.29, 1.82) is 0 Å². The highest BCUT2D eigenvalue weighted by Crippen LogP contribution is 2.15. The zero-order valence-corrected chi connectivity index (χ0v) is 9.94. The fraction of sp³-hybridized carbons (Fsp3) is 0.167. The van der Waals surface area contributed by atoms with Gasteiger partial charge in [-0.3, -0.25) is 0 Å². The van der Waals surface area contributed by atoms with E-state index in [2.05, 4.69) is 12.5 Å². The van der Waals surface area contributed by atoms with Crippen LogP contribution in [0.5, 0.6) is 5.75 Å². The quantitative estimate of drug-likeness (QED) is 0.439. The summed E-state index contributed by atoms with van der Waals surface area (Å²) in [6.07, 6.45) is 5.03. The van der Waals surface area contributed by atoms with E-state index in [-0.39, 0.29) is 12.4 Å². The van der Waals surface area contributed by atoms with Gasteiger partial charge in [0.05, 0.1) is 12.0 Å². The summed E-state index contributed by atoms with van der Waals surface area (Å²) < 4.78 is 32.0. The molecule has 0 radical (unpaired) electrons.